The van der Waals surface area contributed by atoms with E-state index >= 15 is 0 Å². The third kappa shape index (κ3) is 2.89. The number of nitrogens with one attached hydrogen (secondary N) is 1. The first-order chi connectivity index (χ1) is 7.06. The maximum Gasteiger partial charge on any atom is 0.160 e. The lowest BCUT2D eigenvalue weighted by Gasteiger charge is -2.17. The summed E-state index contributed by atoms with van der Waals surface area (Å²) in [6.07, 6.45) is 0.682. The van der Waals surface area contributed by atoms with E-state index in [9.17, 15) is 8.78 Å². The summed E-state index contributed by atoms with van der Waals surface area (Å²) in [5, 5.41) is 2.98. The number of halogens is 2. The molecule has 0 aromatic heterocycles. The van der Waals surface area contributed by atoms with E-state index in [1.54, 1.807) is 4.90 Å². The van der Waals surface area contributed by atoms with Crippen LogP contribution < -0.4 is 10.2 Å². The number of rotatable bonds is 4. The standard InChI is InChI=1S/C11H16F2N2/c1-14-5-4-8-6-9(12)10(13)7-11(8)15(2)3/h6-7,14H,4-5H2,1-3H3. The maximum atomic E-state index is 13.0. The minimum atomic E-state index is -0.799. The van der Waals surface area contributed by atoms with Gasteiger partial charge in [0.25, 0.3) is 0 Å². The first-order valence-electron chi connectivity index (χ1n) is 4.86. The van der Waals surface area contributed by atoms with Crippen LogP contribution in [0.4, 0.5) is 14.5 Å². The highest BCUT2D eigenvalue weighted by Crippen LogP contribution is 2.22. The summed E-state index contributed by atoms with van der Waals surface area (Å²) in [6.45, 7) is 0.742. The largest absolute Gasteiger partial charge is 0.377 e. The van der Waals surface area contributed by atoms with E-state index in [-0.39, 0.29) is 0 Å². The van der Waals surface area contributed by atoms with Gasteiger partial charge in [-0.2, -0.15) is 0 Å². The molecule has 0 heterocycles. The van der Waals surface area contributed by atoms with Gasteiger partial charge in [-0.05, 0) is 31.6 Å². The Hall–Kier alpha value is -1.16. The minimum absolute atomic E-state index is 0.682. The van der Waals surface area contributed by atoms with Crippen molar-refractivity contribution in [3.05, 3.63) is 29.3 Å². The van der Waals surface area contributed by atoms with Crippen molar-refractivity contribution in [2.75, 3.05) is 32.6 Å². The van der Waals surface area contributed by atoms with Crippen molar-refractivity contribution in [2.45, 2.75) is 6.42 Å². The molecule has 0 aliphatic carbocycles. The van der Waals surface area contributed by atoms with Gasteiger partial charge in [0.1, 0.15) is 0 Å². The van der Waals surface area contributed by atoms with Gasteiger partial charge in [-0.15, -0.1) is 0 Å². The van der Waals surface area contributed by atoms with Crippen LogP contribution in [0.25, 0.3) is 0 Å². The number of benzene rings is 1. The summed E-state index contributed by atoms with van der Waals surface area (Å²) in [4.78, 5) is 1.79. The van der Waals surface area contributed by atoms with Gasteiger partial charge in [-0.1, -0.05) is 0 Å². The molecule has 0 saturated heterocycles. The van der Waals surface area contributed by atoms with Crippen molar-refractivity contribution in [3.8, 4) is 0 Å². The van der Waals surface area contributed by atoms with Crippen molar-refractivity contribution in [1.29, 1.82) is 0 Å². The molecule has 0 aliphatic rings. The monoisotopic (exact) mass is 214 g/mol. The zero-order valence-corrected chi connectivity index (χ0v) is 9.27. The van der Waals surface area contributed by atoms with E-state index in [0.717, 1.165) is 17.8 Å². The molecular formula is C11H16F2N2. The first kappa shape index (κ1) is 11.9. The molecule has 84 valence electrons. The Morgan fingerprint density at radius 1 is 1.20 bits per heavy atom. The number of nitrogens with zero attached hydrogens (tertiary/aromatic N) is 1. The molecule has 0 radical (unpaired) electrons. The Kier molecular flexibility index (Phi) is 4.03. The Labute approximate surface area is 88.9 Å². The molecule has 1 rings (SSSR count). The predicted octanol–water partition coefficient (Wildman–Crippen LogP) is 1.79. The molecule has 0 aliphatic heterocycles. The second kappa shape index (κ2) is 5.07. The van der Waals surface area contributed by atoms with Crippen LogP contribution in [0.2, 0.25) is 0 Å². The summed E-state index contributed by atoms with van der Waals surface area (Å²) in [6, 6.07) is 2.50. The van der Waals surface area contributed by atoms with E-state index < -0.39 is 11.6 Å². The summed E-state index contributed by atoms with van der Waals surface area (Å²) in [7, 11) is 5.46. The molecular weight excluding hydrogens is 198 g/mol. The van der Waals surface area contributed by atoms with Gasteiger partial charge in [0.15, 0.2) is 11.6 Å². The third-order valence-corrected chi connectivity index (χ3v) is 2.25. The zero-order valence-electron chi connectivity index (χ0n) is 9.27. The Bertz CT molecular complexity index is 338. The van der Waals surface area contributed by atoms with Gasteiger partial charge < -0.3 is 10.2 Å². The van der Waals surface area contributed by atoms with Crippen molar-refractivity contribution in [3.63, 3.8) is 0 Å². The van der Waals surface area contributed by atoms with Crippen molar-refractivity contribution in [1.82, 2.24) is 5.32 Å². The van der Waals surface area contributed by atoms with Crippen molar-refractivity contribution < 1.29 is 8.78 Å². The molecule has 0 saturated carbocycles. The zero-order chi connectivity index (χ0) is 11.4. The van der Waals surface area contributed by atoms with Gasteiger partial charge in [-0.3, -0.25) is 0 Å². The van der Waals surface area contributed by atoms with Crippen LogP contribution in [0.3, 0.4) is 0 Å². The SMILES string of the molecule is CNCCc1cc(F)c(F)cc1N(C)C. The minimum Gasteiger partial charge on any atom is -0.377 e. The lowest BCUT2D eigenvalue weighted by molar-refractivity contribution is 0.507. The van der Waals surface area contributed by atoms with Gasteiger partial charge in [0, 0.05) is 25.8 Å². The average Bonchev–Trinajstić information content (AvgIpc) is 2.19. The highest BCUT2D eigenvalue weighted by Gasteiger charge is 2.10. The lowest BCUT2D eigenvalue weighted by atomic mass is 10.1. The van der Waals surface area contributed by atoms with Crippen molar-refractivity contribution >= 4 is 5.69 Å². The van der Waals surface area contributed by atoms with Crippen LogP contribution in [0, 0.1) is 11.6 Å². The molecule has 0 bridgehead atoms. The Balaban J connectivity index is 3.04. The second-order valence-corrected chi connectivity index (χ2v) is 3.64. The third-order valence-electron chi connectivity index (χ3n) is 2.25. The smallest absolute Gasteiger partial charge is 0.160 e. The average molecular weight is 214 g/mol. The summed E-state index contributed by atoms with van der Waals surface area (Å²) in [5.74, 6) is -1.58. The molecule has 1 aromatic carbocycles. The van der Waals surface area contributed by atoms with Gasteiger partial charge in [0.2, 0.25) is 0 Å². The van der Waals surface area contributed by atoms with Crippen LogP contribution in [-0.4, -0.2) is 27.7 Å². The molecule has 0 atom stereocenters. The van der Waals surface area contributed by atoms with E-state index in [2.05, 4.69) is 5.32 Å². The molecule has 1 N–H and O–H groups in total. The molecule has 0 unspecified atom stereocenters. The van der Waals surface area contributed by atoms with Gasteiger partial charge >= 0.3 is 0 Å². The summed E-state index contributed by atoms with van der Waals surface area (Å²) >= 11 is 0. The molecule has 0 amide bonds. The fraction of sp³-hybridized carbons (Fsp3) is 0.455. The molecule has 4 heteroatoms. The highest BCUT2D eigenvalue weighted by molar-refractivity contribution is 5.53. The normalized spacial score (nSPS) is 10.5. The van der Waals surface area contributed by atoms with Gasteiger partial charge in [-0.25, -0.2) is 8.78 Å². The van der Waals surface area contributed by atoms with Crippen molar-refractivity contribution in [2.24, 2.45) is 0 Å². The molecule has 1 aromatic rings. The maximum absolute atomic E-state index is 13.0. The number of hydrogen-bond acceptors (Lipinski definition) is 2. The van der Waals surface area contributed by atoms with E-state index in [0.29, 0.717) is 6.42 Å². The predicted molar refractivity (Wildman–Crippen MR) is 58.3 cm³/mol. The second-order valence-electron chi connectivity index (χ2n) is 3.64. The van der Waals surface area contributed by atoms with E-state index in [1.165, 1.54) is 12.1 Å². The quantitative estimate of drug-likeness (QED) is 0.822. The highest BCUT2D eigenvalue weighted by atomic mass is 19.2. The topological polar surface area (TPSA) is 15.3 Å². The lowest BCUT2D eigenvalue weighted by Crippen LogP contribution is -2.16. The number of anilines is 1. The Morgan fingerprint density at radius 3 is 2.33 bits per heavy atom. The molecule has 0 spiro atoms. The molecule has 15 heavy (non-hydrogen) atoms. The number of likely N-dealkylation sites (N-methyl/N-ethyl adjacent to an activating group) is 1. The van der Waals surface area contributed by atoms with Gasteiger partial charge in [0.05, 0.1) is 0 Å². The van der Waals surface area contributed by atoms with Crippen LogP contribution in [0.1, 0.15) is 5.56 Å². The molecule has 0 fully saturated rings. The van der Waals surface area contributed by atoms with Crippen LogP contribution in [0.5, 0.6) is 0 Å². The van der Waals surface area contributed by atoms with Crippen LogP contribution in [-0.2, 0) is 6.42 Å². The fourth-order valence-corrected chi connectivity index (χ4v) is 1.45. The summed E-state index contributed by atoms with van der Waals surface area (Å²) in [5.41, 5.74) is 1.54. The van der Waals surface area contributed by atoms with E-state index in [4.69, 9.17) is 0 Å². The van der Waals surface area contributed by atoms with Crippen LogP contribution in [0.15, 0.2) is 12.1 Å². The number of hydrogen-bond donors (Lipinski definition) is 1. The Morgan fingerprint density at radius 2 is 1.80 bits per heavy atom. The first-order valence-corrected chi connectivity index (χ1v) is 4.86. The summed E-state index contributed by atoms with van der Waals surface area (Å²) < 4.78 is 26.1. The fourth-order valence-electron chi connectivity index (χ4n) is 1.45. The molecule has 2 nitrogen and oxygen atoms in total. The van der Waals surface area contributed by atoms with Crippen LogP contribution >= 0.6 is 0 Å². The van der Waals surface area contributed by atoms with E-state index in [1.807, 2.05) is 21.1 Å².